The lowest BCUT2D eigenvalue weighted by Gasteiger charge is -2.07. The van der Waals surface area contributed by atoms with Gasteiger partial charge in [-0.1, -0.05) is 44.5 Å². The Morgan fingerprint density at radius 1 is 1.29 bits per heavy atom. The fourth-order valence-electron chi connectivity index (χ4n) is 1.42. The molecule has 3 heteroatoms. The number of aliphatic carboxylic acids is 1. The zero-order valence-corrected chi connectivity index (χ0v) is 11.3. The van der Waals surface area contributed by atoms with Crippen LogP contribution in [-0.2, 0) is 17.0 Å². The largest absolute Gasteiger partial charge is 0.481 e. The molecule has 0 spiro atoms. The minimum Gasteiger partial charge on any atom is -0.481 e. The van der Waals surface area contributed by atoms with E-state index in [2.05, 4.69) is 13.8 Å². The number of hydrogen-bond donors (Lipinski definition) is 1. The molecule has 0 radical (unpaired) electrons. The van der Waals surface area contributed by atoms with Crippen LogP contribution in [0.1, 0.15) is 31.4 Å². The van der Waals surface area contributed by atoms with Crippen molar-refractivity contribution in [2.45, 2.75) is 32.4 Å². The lowest BCUT2D eigenvalue weighted by Crippen LogP contribution is -2.00. The molecule has 0 fully saturated rings. The Morgan fingerprint density at radius 2 is 1.88 bits per heavy atom. The van der Waals surface area contributed by atoms with Crippen LogP contribution in [0.15, 0.2) is 24.3 Å². The van der Waals surface area contributed by atoms with E-state index in [1.807, 2.05) is 36.0 Å². The molecule has 0 saturated carbocycles. The normalized spacial score (nSPS) is 12.4. The average molecular weight is 252 g/mol. The minimum atomic E-state index is -0.774. The molecule has 0 aliphatic carbocycles. The first-order valence-electron chi connectivity index (χ1n) is 5.99. The van der Waals surface area contributed by atoms with E-state index in [4.69, 9.17) is 5.11 Å². The zero-order valence-electron chi connectivity index (χ0n) is 10.5. The topological polar surface area (TPSA) is 37.3 Å². The Balaban J connectivity index is 2.37. The Morgan fingerprint density at radius 3 is 2.41 bits per heavy atom. The molecule has 0 aliphatic rings. The van der Waals surface area contributed by atoms with Gasteiger partial charge in [0.15, 0.2) is 0 Å². The first kappa shape index (κ1) is 14.1. The minimum absolute atomic E-state index is 0.111. The molecule has 1 rings (SSSR count). The van der Waals surface area contributed by atoms with Gasteiger partial charge in [0.1, 0.15) is 0 Å². The second-order valence-electron chi connectivity index (χ2n) is 4.42. The number of benzene rings is 1. The van der Waals surface area contributed by atoms with Crippen molar-refractivity contribution < 1.29 is 9.90 Å². The molecule has 0 heterocycles. The van der Waals surface area contributed by atoms with Gasteiger partial charge < -0.3 is 5.11 Å². The van der Waals surface area contributed by atoms with Crippen molar-refractivity contribution in [3.63, 3.8) is 0 Å². The Labute approximate surface area is 107 Å². The van der Waals surface area contributed by atoms with Crippen LogP contribution in [0.5, 0.6) is 0 Å². The van der Waals surface area contributed by atoms with Crippen LogP contribution >= 0.6 is 11.8 Å². The monoisotopic (exact) mass is 252 g/mol. The van der Waals surface area contributed by atoms with Gasteiger partial charge in [-0.15, -0.1) is 0 Å². The van der Waals surface area contributed by atoms with Crippen molar-refractivity contribution in [3.8, 4) is 0 Å². The standard InChI is InChI=1S/C14H20O2S/c1-3-11(2)9-17-10-13-6-4-12(5-7-13)8-14(15)16/h4-7,11H,3,8-10H2,1-2H3,(H,15,16). The SMILES string of the molecule is CCC(C)CSCc1ccc(CC(=O)O)cc1. The van der Waals surface area contributed by atoms with Gasteiger partial charge in [-0.3, -0.25) is 4.79 Å². The molecule has 1 N–H and O–H groups in total. The quantitative estimate of drug-likeness (QED) is 0.805. The highest BCUT2D eigenvalue weighted by Crippen LogP contribution is 2.17. The third-order valence-corrected chi connectivity index (χ3v) is 4.09. The number of carboxylic acids is 1. The predicted molar refractivity (Wildman–Crippen MR) is 73.4 cm³/mol. The second-order valence-corrected chi connectivity index (χ2v) is 5.45. The smallest absolute Gasteiger partial charge is 0.307 e. The van der Waals surface area contributed by atoms with E-state index in [1.54, 1.807) is 0 Å². The molecule has 0 aliphatic heterocycles. The van der Waals surface area contributed by atoms with Crippen LogP contribution < -0.4 is 0 Å². The maximum Gasteiger partial charge on any atom is 0.307 e. The number of thioether (sulfide) groups is 1. The molecule has 94 valence electrons. The Hall–Kier alpha value is -0.960. The van der Waals surface area contributed by atoms with Crippen molar-refractivity contribution in [2.75, 3.05) is 5.75 Å². The fraction of sp³-hybridized carbons (Fsp3) is 0.500. The highest BCUT2D eigenvalue weighted by atomic mass is 32.2. The molecule has 0 aromatic heterocycles. The summed E-state index contributed by atoms with van der Waals surface area (Å²) in [5, 5.41) is 8.66. The average Bonchev–Trinajstić information content (AvgIpc) is 2.30. The van der Waals surface area contributed by atoms with E-state index in [-0.39, 0.29) is 6.42 Å². The zero-order chi connectivity index (χ0) is 12.7. The second kappa shape index (κ2) is 7.38. The Kier molecular flexibility index (Phi) is 6.12. The summed E-state index contributed by atoms with van der Waals surface area (Å²) in [5.74, 6) is 2.20. The number of carbonyl (C=O) groups is 1. The molecule has 1 unspecified atom stereocenters. The molecular weight excluding hydrogens is 232 g/mol. The van der Waals surface area contributed by atoms with Gasteiger partial charge in [0.2, 0.25) is 0 Å². The van der Waals surface area contributed by atoms with E-state index in [9.17, 15) is 4.79 Å². The maximum absolute atomic E-state index is 10.5. The van der Waals surface area contributed by atoms with E-state index in [1.165, 1.54) is 17.7 Å². The summed E-state index contributed by atoms with van der Waals surface area (Å²) in [5.41, 5.74) is 2.14. The summed E-state index contributed by atoms with van der Waals surface area (Å²) < 4.78 is 0. The van der Waals surface area contributed by atoms with Crippen molar-refractivity contribution in [1.29, 1.82) is 0 Å². The maximum atomic E-state index is 10.5. The summed E-state index contributed by atoms with van der Waals surface area (Å²) in [6, 6.07) is 7.88. The predicted octanol–water partition coefficient (Wildman–Crippen LogP) is 3.59. The highest BCUT2D eigenvalue weighted by molar-refractivity contribution is 7.98. The summed E-state index contributed by atoms with van der Waals surface area (Å²) in [6.07, 6.45) is 1.34. The van der Waals surface area contributed by atoms with Crippen molar-refractivity contribution >= 4 is 17.7 Å². The molecule has 1 aromatic carbocycles. The highest BCUT2D eigenvalue weighted by Gasteiger charge is 2.02. The van der Waals surface area contributed by atoms with Crippen LogP contribution in [-0.4, -0.2) is 16.8 Å². The lowest BCUT2D eigenvalue weighted by atomic mass is 10.1. The Bertz CT molecular complexity index is 346. The van der Waals surface area contributed by atoms with Gasteiger partial charge in [-0.2, -0.15) is 11.8 Å². The number of hydrogen-bond acceptors (Lipinski definition) is 2. The summed E-state index contributed by atoms with van der Waals surface area (Å²) in [6.45, 7) is 4.48. The first-order chi connectivity index (χ1) is 8.11. The van der Waals surface area contributed by atoms with E-state index >= 15 is 0 Å². The van der Waals surface area contributed by atoms with Crippen molar-refractivity contribution in [3.05, 3.63) is 35.4 Å². The van der Waals surface area contributed by atoms with Crippen LogP contribution in [0, 0.1) is 5.92 Å². The summed E-state index contributed by atoms with van der Waals surface area (Å²) in [7, 11) is 0. The molecule has 0 bridgehead atoms. The molecule has 0 saturated heterocycles. The number of rotatable bonds is 7. The van der Waals surface area contributed by atoms with Gasteiger partial charge in [0, 0.05) is 5.75 Å². The first-order valence-corrected chi connectivity index (χ1v) is 7.14. The third-order valence-electron chi connectivity index (χ3n) is 2.75. The van der Waals surface area contributed by atoms with Crippen LogP contribution in [0.2, 0.25) is 0 Å². The van der Waals surface area contributed by atoms with Crippen LogP contribution in [0.4, 0.5) is 0 Å². The van der Waals surface area contributed by atoms with Crippen LogP contribution in [0.3, 0.4) is 0 Å². The summed E-state index contributed by atoms with van der Waals surface area (Å²) in [4.78, 5) is 10.5. The third kappa shape index (κ3) is 5.78. The van der Waals surface area contributed by atoms with Gasteiger partial charge in [0.25, 0.3) is 0 Å². The van der Waals surface area contributed by atoms with Crippen LogP contribution in [0.25, 0.3) is 0 Å². The lowest BCUT2D eigenvalue weighted by molar-refractivity contribution is -0.136. The molecular formula is C14H20O2S. The van der Waals surface area contributed by atoms with E-state index in [0.717, 1.165) is 17.2 Å². The molecule has 17 heavy (non-hydrogen) atoms. The van der Waals surface area contributed by atoms with Gasteiger partial charge >= 0.3 is 5.97 Å². The van der Waals surface area contributed by atoms with Gasteiger partial charge in [-0.25, -0.2) is 0 Å². The molecule has 2 nitrogen and oxygen atoms in total. The van der Waals surface area contributed by atoms with Gasteiger partial charge in [0.05, 0.1) is 6.42 Å². The van der Waals surface area contributed by atoms with Gasteiger partial charge in [-0.05, 0) is 22.8 Å². The molecule has 0 amide bonds. The van der Waals surface area contributed by atoms with E-state index in [0.29, 0.717) is 0 Å². The number of carboxylic acid groups (broad SMARTS) is 1. The van der Waals surface area contributed by atoms with E-state index < -0.39 is 5.97 Å². The fourth-order valence-corrected chi connectivity index (χ4v) is 2.61. The van der Waals surface area contributed by atoms with Crippen molar-refractivity contribution in [2.24, 2.45) is 5.92 Å². The van der Waals surface area contributed by atoms with Crippen molar-refractivity contribution in [1.82, 2.24) is 0 Å². The molecule has 1 aromatic rings. The summed E-state index contributed by atoms with van der Waals surface area (Å²) >= 11 is 1.94. The molecule has 1 atom stereocenters.